The van der Waals surface area contributed by atoms with E-state index < -0.39 is 0 Å². The van der Waals surface area contributed by atoms with Crippen LogP contribution in [0.4, 0.5) is 0 Å². The maximum absolute atomic E-state index is 11.7. The number of hydrogen-bond acceptors (Lipinski definition) is 3. The second-order valence-electron chi connectivity index (χ2n) is 4.99. The Morgan fingerprint density at radius 2 is 2.00 bits per heavy atom. The summed E-state index contributed by atoms with van der Waals surface area (Å²) in [5.74, 6) is 1.25. The first-order valence-electron chi connectivity index (χ1n) is 6.70. The van der Waals surface area contributed by atoms with Crippen LogP contribution in [0.1, 0.15) is 26.7 Å². The lowest BCUT2D eigenvalue weighted by atomic mass is 10.0. The van der Waals surface area contributed by atoms with Gasteiger partial charge in [-0.1, -0.05) is 32.0 Å². The highest BCUT2D eigenvalue weighted by Crippen LogP contribution is 2.17. The maximum Gasteiger partial charge on any atom is 0.221 e. The number of carbonyl (C=O) groups is 1. The molecule has 3 nitrogen and oxygen atoms in total. The highest BCUT2D eigenvalue weighted by Gasteiger charge is 2.12. The van der Waals surface area contributed by atoms with E-state index in [1.54, 1.807) is 11.8 Å². The molecule has 4 heteroatoms. The number of benzene rings is 1. The highest BCUT2D eigenvalue weighted by molar-refractivity contribution is 7.99. The van der Waals surface area contributed by atoms with Crippen molar-refractivity contribution in [1.29, 1.82) is 0 Å². The van der Waals surface area contributed by atoms with Crippen LogP contribution in [0.3, 0.4) is 0 Å². The van der Waals surface area contributed by atoms with Crippen LogP contribution in [0.25, 0.3) is 0 Å². The third-order valence-corrected chi connectivity index (χ3v) is 3.70. The summed E-state index contributed by atoms with van der Waals surface area (Å²) in [6.45, 7) is 4.18. The molecule has 0 bridgehead atoms. The van der Waals surface area contributed by atoms with Crippen molar-refractivity contribution in [2.75, 3.05) is 12.4 Å². The van der Waals surface area contributed by atoms with Gasteiger partial charge in [-0.15, -0.1) is 11.8 Å². The highest BCUT2D eigenvalue weighted by atomic mass is 32.2. The van der Waals surface area contributed by atoms with Gasteiger partial charge in [-0.25, -0.2) is 0 Å². The summed E-state index contributed by atoms with van der Waals surface area (Å²) in [6, 6.07) is 9.93. The minimum atomic E-state index is -0.116. The van der Waals surface area contributed by atoms with Crippen molar-refractivity contribution in [2.45, 2.75) is 37.6 Å². The monoisotopic (exact) mass is 281 g/mol. The van der Waals surface area contributed by atoms with Crippen molar-refractivity contribution < 1.29 is 9.90 Å². The molecule has 0 fully saturated rings. The number of hydrogen-bond donors (Lipinski definition) is 2. The quantitative estimate of drug-likeness (QED) is 0.720. The number of aliphatic hydroxyl groups excluding tert-OH is 1. The summed E-state index contributed by atoms with van der Waals surface area (Å²) < 4.78 is 0. The Morgan fingerprint density at radius 1 is 1.32 bits per heavy atom. The van der Waals surface area contributed by atoms with Crippen LogP contribution in [-0.2, 0) is 4.79 Å². The van der Waals surface area contributed by atoms with E-state index in [-0.39, 0.29) is 18.6 Å². The zero-order valence-corrected chi connectivity index (χ0v) is 12.5. The molecule has 1 aromatic rings. The van der Waals surface area contributed by atoms with Crippen molar-refractivity contribution in [1.82, 2.24) is 5.32 Å². The zero-order chi connectivity index (χ0) is 14.1. The predicted molar refractivity (Wildman–Crippen MR) is 80.3 cm³/mol. The van der Waals surface area contributed by atoms with Gasteiger partial charge in [0.25, 0.3) is 0 Å². The Morgan fingerprint density at radius 3 is 2.58 bits per heavy atom. The van der Waals surface area contributed by atoms with Crippen LogP contribution in [0.2, 0.25) is 0 Å². The molecule has 0 spiro atoms. The molecule has 0 heterocycles. The number of aliphatic hydroxyl groups is 1. The summed E-state index contributed by atoms with van der Waals surface area (Å²) in [7, 11) is 0. The summed E-state index contributed by atoms with van der Waals surface area (Å²) in [4.78, 5) is 12.9. The molecule has 0 saturated heterocycles. The molecule has 0 radical (unpaired) electrons. The molecule has 1 amide bonds. The van der Waals surface area contributed by atoms with E-state index >= 15 is 0 Å². The Balaban J connectivity index is 2.23. The number of rotatable bonds is 8. The summed E-state index contributed by atoms with van der Waals surface area (Å²) >= 11 is 1.67. The van der Waals surface area contributed by atoms with Crippen LogP contribution >= 0.6 is 11.8 Å². The lowest BCUT2D eigenvalue weighted by molar-refractivity contribution is -0.121. The largest absolute Gasteiger partial charge is 0.394 e. The molecule has 0 aliphatic heterocycles. The van der Waals surface area contributed by atoms with Gasteiger partial charge in [-0.3, -0.25) is 4.79 Å². The third kappa shape index (κ3) is 7.23. The maximum atomic E-state index is 11.7. The fraction of sp³-hybridized carbons (Fsp3) is 0.533. The molecule has 0 aliphatic rings. The van der Waals surface area contributed by atoms with Crippen molar-refractivity contribution in [3.8, 4) is 0 Å². The Labute approximate surface area is 119 Å². The average molecular weight is 281 g/mol. The molecule has 0 aromatic heterocycles. The molecule has 2 N–H and O–H groups in total. The van der Waals surface area contributed by atoms with Crippen molar-refractivity contribution >= 4 is 17.7 Å². The first-order valence-corrected chi connectivity index (χ1v) is 7.68. The van der Waals surface area contributed by atoms with E-state index in [1.165, 1.54) is 4.90 Å². The number of thioether (sulfide) groups is 1. The molecular formula is C15H23NO2S. The summed E-state index contributed by atoms with van der Waals surface area (Å²) in [5.41, 5.74) is 0. The average Bonchev–Trinajstić information content (AvgIpc) is 2.38. The fourth-order valence-corrected chi connectivity index (χ4v) is 2.70. The molecular weight excluding hydrogens is 258 g/mol. The van der Waals surface area contributed by atoms with Crippen LogP contribution in [0, 0.1) is 5.92 Å². The Hall–Kier alpha value is -1.00. The summed E-state index contributed by atoms with van der Waals surface area (Å²) in [5, 5.41) is 12.1. The zero-order valence-electron chi connectivity index (χ0n) is 11.6. The predicted octanol–water partition coefficient (Wildman–Crippen LogP) is 2.69. The van der Waals surface area contributed by atoms with Gasteiger partial charge in [0.1, 0.15) is 0 Å². The first-order chi connectivity index (χ1) is 9.11. The Kier molecular flexibility index (Phi) is 7.60. The molecule has 1 unspecified atom stereocenters. The fourth-order valence-electron chi connectivity index (χ4n) is 1.83. The molecule has 1 aromatic carbocycles. The molecule has 19 heavy (non-hydrogen) atoms. The van der Waals surface area contributed by atoms with E-state index in [1.807, 2.05) is 30.3 Å². The smallest absolute Gasteiger partial charge is 0.221 e. The van der Waals surface area contributed by atoms with Crippen molar-refractivity contribution in [2.24, 2.45) is 5.92 Å². The van der Waals surface area contributed by atoms with Gasteiger partial charge in [-0.05, 0) is 24.5 Å². The first kappa shape index (κ1) is 16.1. The van der Waals surface area contributed by atoms with Gasteiger partial charge >= 0.3 is 0 Å². The number of carbonyl (C=O) groups excluding carboxylic acids is 1. The molecule has 1 rings (SSSR count). The SMILES string of the molecule is CC(C)CC(CO)NC(=O)CCSc1ccccc1. The number of amides is 1. The van der Waals surface area contributed by atoms with E-state index in [9.17, 15) is 9.90 Å². The van der Waals surface area contributed by atoms with E-state index in [0.717, 1.165) is 12.2 Å². The Bertz CT molecular complexity index is 368. The molecule has 106 valence electrons. The van der Waals surface area contributed by atoms with Gasteiger partial charge in [0.15, 0.2) is 0 Å². The van der Waals surface area contributed by atoms with Crippen molar-refractivity contribution in [3.05, 3.63) is 30.3 Å². The minimum Gasteiger partial charge on any atom is -0.394 e. The van der Waals surface area contributed by atoms with Gasteiger partial charge in [0.05, 0.1) is 12.6 Å². The van der Waals surface area contributed by atoms with E-state index in [4.69, 9.17) is 0 Å². The third-order valence-electron chi connectivity index (χ3n) is 2.68. The molecule has 0 aliphatic carbocycles. The van der Waals surface area contributed by atoms with Gasteiger partial charge in [-0.2, -0.15) is 0 Å². The van der Waals surface area contributed by atoms with Gasteiger partial charge < -0.3 is 10.4 Å². The molecule has 0 saturated carbocycles. The number of nitrogens with one attached hydrogen (secondary N) is 1. The molecule has 1 atom stereocenters. The second-order valence-corrected chi connectivity index (χ2v) is 6.16. The standard InChI is InChI=1S/C15H23NO2S/c1-12(2)10-13(11-17)16-15(18)8-9-19-14-6-4-3-5-7-14/h3-7,12-13,17H,8-11H2,1-2H3,(H,16,18). The van der Waals surface area contributed by atoms with Crippen LogP contribution in [0.15, 0.2) is 35.2 Å². The second kappa shape index (κ2) is 8.99. The lowest BCUT2D eigenvalue weighted by Crippen LogP contribution is -2.38. The van der Waals surface area contributed by atoms with Gasteiger partial charge in [0.2, 0.25) is 5.91 Å². The van der Waals surface area contributed by atoms with Crippen molar-refractivity contribution in [3.63, 3.8) is 0 Å². The van der Waals surface area contributed by atoms with E-state index in [0.29, 0.717) is 12.3 Å². The van der Waals surface area contributed by atoms with Crippen LogP contribution in [-0.4, -0.2) is 29.4 Å². The lowest BCUT2D eigenvalue weighted by Gasteiger charge is -2.18. The van der Waals surface area contributed by atoms with Gasteiger partial charge in [0, 0.05) is 17.1 Å². The summed E-state index contributed by atoms with van der Waals surface area (Å²) in [6.07, 6.45) is 1.29. The van der Waals surface area contributed by atoms with E-state index in [2.05, 4.69) is 19.2 Å². The van der Waals surface area contributed by atoms with Crippen LogP contribution < -0.4 is 5.32 Å². The normalized spacial score (nSPS) is 12.4. The minimum absolute atomic E-state index is 0.00967. The van der Waals surface area contributed by atoms with Crippen LogP contribution in [0.5, 0.6) is 0 Å². The topological polar surface area (TPSA) is 49.3 Å².